The van der Waals surface area contributed by atoms with Gasteiger partial charge in [0.15, 0.2) is 0 Å². The van der Waals surface area contributed by atoms with E-state index >= 15 is 0 Å². The molecule has 0 saturated heterocycles. The van der Waals surface area contributed by atoms with Crippen molar-refractivity contribution in [3.05, 3.63) is 0 Å². The van der Waals surface area contributed by atoms with E-state index in [0.29, 0.717) is 0 Å². The number of alkyl halides is 3. The van der Waals surface area contributed by atoms with Crippen molar-refractivity contribution in [2.24, 2.45) is 0 Å². The van der Waals surface area contributed by atoms with Crippen LogP contribution in [-0.4, -0.2) is 12.0 Å². The van der Waals surface area contributed by atoms with Crippen LogP contribution < -0.4 is 0 Å². The van der Waals surface area contributed by atoms with E-state index in [4.69, 9.17) is 0 Å². The maximum absolute atomic E-state index is 11.1. The standard InChI is InChI=1S/C3H3F6P/c4-3(5,6)1-2-10(7,8)9/h2H,1H2. The Morgan fingerprint density at radius 2 is 1.50 bits per heavy atom. The minimum absolute atomic E-state index is 0.618. The Kier molecular flexibility index (Phi) is 2.83. The summed E-state index contributed by atoms with van der Waals surface area (Å²) in [6.45, 7) is 0. The highest BCUT2D eigenvalue weighted by Gasteiger charge is 2.28. The summed E-state index contributed by atoms with van der Waals surface area (Å²) in [5, 5.41) is 0. The second kappa shape index (κ2) is 2.86. The van der Waals surface area contributed by atoms with Crippen molar-refractivity contribution in [2.75, 3.05) is 0 Å². The average molecular weight is 184 g/mol. The van der Waals surface area contributed by atoms with Crippen LogP contribution in [0.25, 0.3) is 0 Å². The highest BCUT2D eigenvalue weighted by Crippen LogP contribution is 2.52. The summed E-state index contributed by atoms with van der Waals surface area (Å²) in [5.74, 6) is -0.618. The number of hydrogen-bond donors (Lipinski definition) is 0. The molecule has 0 heterocycles. The monoisotopic (exact) mass is 184 g/mol. The van der Waals surface area contributed by atoms with Crippen LogP contribution >= 0.6 is 7.82 Å². The van der Waals surface area contributed by atoms with Gasteiger partial charge in [0.2, 0.25) is 0 Å². The molecule has 0 radical (unpaired) electrons. The first-order valence-electron chi connectivity index (χ1n) is 2.09. The molecule has 0 fully saturated rings. The van der Waals surface area contributed by atoms with Crippen molar-refractivity contribution in [1.82, 2.24) is 0 Å². The quantitative estimate of drug-likeness (QED) is 0.432. The molecule has 0 aromatic rings. The van der Waals surface area contributed by atoms with Crippen LogP contribution in [0.15, 0.2) is 0 Å². The fourth-order valence-electron chi connectivity index (χ4n) is 0.207. The SMILES string of the molecule is FC(F)(F)CC=P(F)(F)F. The van der Waals surface area contributed by atoms with E-state index in [1.165, 1.54) is 0 Å². The Morgan fingerprint density at radius 3 is 1.60 bits per heavy atom. The molecule has 0 rings (SSSR count). The van der Waals surface area contributed by atoms with Crippen molar-refractivity contribution in [1.29, 1.82) is 0 Å². The van der Waals surface area contributed by atoms with Crippen LogP contribution in [0, 0.1) is 0 Å². The van der Waals surface area contributed by atoms with E-state index in [-0.39, 0.29) is 0 Å². The lowest BCUT2D eigenvalue weighted by molar-refractivity contribution is -0.120. The number of rotatable bonds is 1. The van der Waals surface area contributed by atoms with Crippen LogP contribution in [0.2, 0.25) is 0 Å². The second-order valence-corrected chi connectivity index (χ2v) is 2.82. The van der Waals surface area contributed by atoms with Gasteiger partial charge in [0, 0.05) is 5.80 Å². The van der Waals surface area contributed by atoms with E-state index < -0.39 is 26.2 Å². The summed E-state index contributed by atoms with van der Waals surface area (Å²) >= 11 is 0. The highest BCUT2D eigenvalue weighted by molar-refractivity contribution is 7.59. The van der Waals surface area contributed by atoms with E-state index in [1.54, 1.807) is 0 Å². The summed E-state index contributed by atoms with van der Waals surface area (Å²) < 4.78 is 66.6. The molecule has 0 atom stereocenters. The minimum atomic E-state index is -5.86. The molecule has 0 N–H and O–H groups in total. The molecule has 0 aromatic carbocycles. The third-order valence-electron chi connectivity index (χ3n) is 0.530. The molecule has 0 aliphatic rings. The van der Waals surface area contributed by atoms with Gasteiger partial charge < -0.3 is 0 Å². The molecular weight excluding hydrogens is 181 g/mol. The normalized spacial score (nSPS) is 13.4. The van der Waals surface area contributed by atoms with E-state index in [2.05, 4.69) is 0 Å². The molecule has 10 heavy (non-hydrogen) atoms. The molecule has 0 aromatic heterocycles. The van der Waals surface area contributed by atoms with Gasteiger partial charge in [-0.05, 0) is 0 Å². The van der Waals surface area contributed by atoms with Crippen LogP contribution in [0.1, 0.15) is 6.42 Å². The molecule has 0 amide bonds. The summed E-state index contributed by atoms with van der Waals surface area (Å²) in [6, 6.07) is 0. The molecule has 0 aliphatic carbocycles. The molecule has 0 aliphatic heterocycles. The van der Waals surface area contributed by atoms with Crippen LogP contribution in [-0.2, 0) is 0 Å². The lowest BCUT2D eigenvalue weighted by Gasteiger charge is -2.00. The first-order valence-corrected chi connectivity index (χ1v) is 3.62. The van der Waals surface area contributed by atoms with Gasteiger partial charge in [0.05, 0.1) is 6.42 Å². The van der Waals surface area contributed by atoms with Crippen LogP contribution in [0.5, 0.6) is 0 Å². The van der Waals surface area contributed by atoms with Crippen LogP contribution in [0.4, 0.5) is 25.8 Å². The molecule has 62 valence electrons. The molecule has 0 spiro atoms. The highest BCUT2D eigenvalue weighted by atomic mass is 31.2. The average Bonchev–Trinajstić information content (AvgIpc) is 1.57. The van der Waals surface area contributed by atoms with Gasteiger partial charge in [-0.15, -0.1) is 0 Å². The Hall–Kier alpha value is -0.120. The predicted octanol–water partition coefficient (Wildman–Crippen LogP) is 3.41. The van der Waals surface area contributed by atoms with Gasteiger partial charge in [0.1, 0.15) is 0 Å². The lowest BCUT2D eigenvalue weighted by Crippen LogP contribution is -2.06. The van der Waals surface area contributed by atoms with Gasteiger partial charge in [-0.25, -0.2) is 0 Å². The van der Waals surface area contributed by atoms with Crippen molar-refractivity contribution < 1.29 is 25.8 Å². The van der Waals surface area contributed by atoms with Gasteiger partial charge >= 0.3 is 14.0 Å². The zero-order chi connectivity index (χ0) is 8.41. The molecular formula is C3H3F6P. The van der Waals surface area contributed by atoms with Crippen LogP contribution in [0.3, 0.4) is 0 Å². The van der Waals surface area contributed by atoms with Crippen molar-refractivity contribution in [2.45, 2.75) is 12.6 Å². The third-order valence-corrected chi connectivity index (χ3v) is 1.13. The molecule has 7 heteroatoms. The smallest absolute Gasteiger partial charge is 0.171 e. The second-order valence-electron chi connectivity index (χ2n) is 1.49. The Morgan fingerprint density at radius 1 is 1.10 bits per heavy atom. The summed E-state index contributed by atoms with van der Waals surface area (Å²) in [7, 11) is -5.86. The molecule has 0 nitrogen and oxygen atoms in total. The van der Waals surface area contributed by atoms with Crippen molar-refractivity contribution in [3.8, 4) is 0 Å². The topological polar surface area (TPSA) is 0 Å². The Balaban J connectivity index is 3.98. The third kappa shape index (κ3) is 7.88. The summed E-state index contributed by atoms with van der Waals surface area (Å²) in [6.07, 6.45) is -6.61. The lowest BCUT2D eigenvalue weighted by atomic mass is 10.5. The number of halogens is 6. The summed E-state index contributed by atoms with van der Waals surface area (Å²) in [4.78, 5) is 0. The maximum Gasteiger partial charge on any atom is 0.392 e. The number of hydrogen-bond acceptors (Lipinski definition) is 0. The van der Waals surface area contributed by atoms with Gasteiger partial charge in [-0.1, -0.05) is 0 Å². The molecule has 0 saturated carbocycles. The first kappa shape index (κ1) is 9.88. The van der Waals surface area contributed by atoms with Gasteiger partial charge in [-0.3, -0.25) is 0 Å². The maximum atomic E-state index is 11.1. The fraction of sp³-hybridized carbons (Fsp3) is 0.667. The fourth-order valence-corrected chi connectivity index (χ4v) is 0.621. The van der Waals surface area contributed by atoms with Gasteiger partial charge in [0.25, 0.3) is 0 Å². The zero-order valence-electron chi connectivity index (χ0n) is 4.50. The van der Waals surface area contributed by atoms with E-state index in [1.807, 2.05) is 0 Å². The van der Waals surface area contributed by atoms with Crippen molar-refractivity contribution in [3.63, 3.8) is 0 Å². The Labute approximate surface area is 53.2 Å². The molecule has 0 bridgehead atoms. The Bertz CT molecular complexity index is 143. The minimum Gasteiger partial charge on any atom is -0.171 e. The summed E-state index contributed by atoms with van der Waals surface area (Å²) in [5.41, 5.74) is 0. The van der Waals surface area contributed by atoms with E-state index in [9.17, 15) is 25.8 Å². The zero-order valence-corrected chi connectivity index (χ0v) is 5.39. The van der Waals surface area contributed by atoms with Crippen molar-refractivity contribution >= 4 is 13.6 Å². The van der Waals surface area contributed by atoms with E-state index in [0.717, 1.165) is 0 Å². The predicted molar refractivity (Wildman–Crippen MR) is 27.0 cm³/mol. The largest absolute Gasteiger partial charge is 0.392 e. The first-order chi connectivity index (χ1) is 4.21. The molecule has 0 unspecified atom stereocenters. The van der Waals surface area contributed by atoms with Gasteiger partial charge in [-0.2, -0.15) is 25.8 Å².